The SMILES string of the molecule is O=C(Cc1ccccc1O)N(CCCl)Cc1ccccc1. The van der Waals surface area contributed by atoms with Gasteiger partial charge in [0.05, 0.1) is 6.42 Å². The van der Waals surface area contributed by atoms with Gasteiger partial charge in [-0.1, -0.05) is 48.5 Å². The summed E-state index contributed by atoms with van der Waals surface area (Å²) in [5.74, 6) is 0.497. The van der Waals surface area contributed by atoms with Crippen molar-refractivity contribution in [2.45, 2.75) is 13.0 Å². The number of phenols is 1. The summed E-state index contributed by atoms with van der Waals surface area (Å²) in [6.45, 7) is 1.02. The van der Waals surface area contributed by atoms with Crippen LogP contribution in [-0.4, -0.2) is 28.3 Å². The van der Waals surface area contributed by atoms with Crippen molar-refractivity contribution in [2.24, 2.45) is 0 Å². The van der Waals surface area contributed by atoms with Gasteiger partial charge in [-0.25, -0.2) is 0 Å². The van der Waals surface area contributed by atoms with E-state index in [1.165, 1.54) is 0 Å². The van der Waals surface area contributed by atoms with Gasteiger partial charge in [0, 0.05) is 24.5 Å². The van der Waals surface area contributed by atoms with E-state index in [1.54, 1.807) is 23.1 Å². The molecule has 3 nitrogen and oxygen atoms in total. The van der Waals surface area contributed by atoms with Crippen LogP contribution in [0.3, 0.4) is 0 Å². The third-order valence-electron chi connectivity index (χ3n) is 3.26. The molecule has 2 aromatic carbocycles. The van der Waals surface area contributed by atoms with E-state index in [1.807, 2.05) is 36.4 Å². The zero-order valence-corrected chi connectivity index (χ0v) is 12.5. The number of phenolic OH excluding ortho intramolecular Hbond substituents is 1. The van der Waals surface area contributed by atoms with E-state index in [4.69, 9.17) is 11.6 Å². The van der Waals surface area contributed by atoms with Crippen molar-refractivity contribution in [1.82, 2.24) is 4.90 Å². The largest absolute Gasteiger partial charge is 0.508 e. The third kappa shape index (κ3) is 4.50. The fourth-order valence-electron chi connectivity index (χ4n) is 2.13. The fraction of sp³-hybridized carbons (Fsp3) is 0.235. The van der Waals surface area contributed by atoms with Gasteiger partial charge in [0.1, 0.15) is 5.75 Å². The number of halogens is 1. The zero-order valence-electron chi connectivity index (χ0n) is 11.7. The Hall–Kier alpha value is -2.00. The molecule has 0 fully saturated rings. The topological polar surface area (TPSA) is 40.5 Å². The number of alkyl halides is 1. The molecule has 0 aromatic heterocycles. The van der Waals surface area contributed by atoms with Crippen molar-refractivity contribution in [2.75, 3.05) is 12.4 Å². The van der Waals surface area contributed by atoms with Gasteiger partial charge >= 0.3 is 0 Å². The van der Waals surface area contributed by atoms with Gasteiger partial charge in [0.2, 0.25) is 5.91 Å². The van der Waals surface area contributed by atoms with Crippen molar-refractivity contribution >= 4 is 17.5 Å². The Kier molecular flexibility index (Phi) is 5.64. The number of carbonyl (C=O) groups is 1. The smallest absolute Gasteiger partial charge is 0.227 e. The first-order valence-corrected chi connectivity index (χ1v) is 7.38. The average molecular weight is 304 g/mol. The van der Waals surface area contributed by atoms with E-state index < -0.39 is 0 Å². The minimum Gasteiger partial charge on any atom is -0.508 e. The van der Waals surface area contributed by atoms with Crippen molar-refractivity contribution in [3.05, 3.63) is 65.7 Å². The van der Waals surface area contributed by atoms with E-state index in [0.717, 1.165) is 5.56 Å². The lowest BCUT2D eigenvalue weighted by atomic mass is 10.1. The van der Waals surface area contributed by atoms with E-state index in [0.29, 0.717) is 24.5 Å². The second kappa shape index (κ2) is 7.70. The summed E-state index contributed by atoms with van der Waals surface area (Å²) in [5, 5.41) is 9.76. The Balaban J connectivity index is 2.07. The number of hydrogen-bond acceptors (Lipinski definition) is 2. The number of para-hydroxylation sites is 1. The highest BCUT2D eigenvalue weighted by molar-refractivity contribution is 6.18. The highest BCUT2D eigenvalue weighted by atomic mass is 35.5. The molecule has 1 N–H and O–H groups in total. The summed E-state index contributed by atoms with van der Waals surface area (Å²) in [6.07, 6.45) is 0.177. The van der Waals surface area contributed by atoms with Gasteiger partial charge in [0.25, 0.3) is 0 Å². The molecule has 0 aliphatic rings. The molecule has 4 heteroatoms. The molecule has 0 unspecified atom stereocenters. The van der Waals surface area contributed by atoms with Crippen LogP contribution < -0.4 is 0 Å². The molecule has 0 saturated carbocycles. The molecule has 0 saturated heterocycles. The number of hydrogen-bond donors (Lipinski definition) is 1. The monoisotopic (exact) mass is 303 g/mol. The van der Waals surface area contributed by atoms with Gasteiger partial charge in [-0.05, 0) is 11.6 Å². The molecule has 0 heterocycles. The van der Waals surface area contributed by atoms with Crippen molar-refractivity contribution in [3.8, 4) is 5.75 Å². The molecule has 2 rings (SSSR count). The first kappa shape index (κ1) is 15.4. The van der Waals surface area contributed by atoms with Gasteiger partial charge in [-0.2, -0.15) is 0 Å². The Morgan fingerprint density at radius 1 is 1.05 bits per heavy atom. The lowest BCUT2D eigenvalue weighted by Gasteiger charge is -2.22. The van der Waals surface area contributed by atoms with Gasteiger partial charge in [-0.15, -0.1) is 11.6 Å². The highest BCUT2D eigenvalue weighted by Crippen LogP contribution is 2.17. The van der Waals surface area contributed by atoms with Crippen LogP contribution in [0.2, 0.25) is 0 Å². The predicted octanol–water partition coefficient (Wildman–Crippen LogP) is 3.20. The first-order valence-electron chi connectivity index (χ1n) is 6.85. The maximum absolute atomic E-state index is 12.4. The molecule has 1 amide bonds. The maximum Gasteiger partial charge on any atom is 0.227 e. The Morgan fingerprint density at radius 3 is 2.38 bits per heavy atom. The number of rotatable bonds is 6. The third-order valence-corrected chi connectivity index (χ3v) is 3.43. The Bertz CT molecular complexity index is 586. The minimum absolute atomic E-state index is 0.0407. The molecule has 110 valence electrons. The standard InChI is InChI=1S/C17H18ClNO2/c18-10-11-19(13-14-6-2-1-3-7-14)17(21)12-15-8-4-5-9-16(15)20/h1-9,20H,10-13H2. The quantitative estimate of drug-likeness (QED) is 0.833. The molecule has 0 aliphatic carbocycles. The Morgan fingerprint density at radius 2 is 1.71 bits per heavy atom. The number of aromatic hydroxyl groups is 1. The van der Waals surface area contributed by atoms with E-state index in [9.17, 15) is 9.90 Å². The van der Waals surface area contributed by atoms with Gasteiger partial charge in [-0.3, -0.25) is 4.79 Å². The number of nitrogens with zero attached hydrogens (tertiary/aromatic N) is 1. The molecule has 0 spiro atoms. The minimum atomic E-state index is -0.0407. The first-order chi connectivity index (χ1) is 10.2. The second-order valence-corrected chi connectivity index (χ2v) is 5.17. The van der Waals surface area contributed by atoms with Crippen LogP contribution in [0.1, 0.15) is 11.1 Å². The highest BCUT2D eigenvalue weighted by Gasteiger charge is 2.15. The predicted molar refractivity (Wildman–Crippen MR) is 84.4 cm³/mol. The molecule has 0 bridgehead atoms. The summed E-state index contributed by atoms with van der Waals surface area (Å²) < 4.78 is 0. The van der Waals surface area contributed by atoms with E-state index in [-0.39, 0.29) is 18.1 Å². The van der Waals surface area contributed by atoms with Crippen LogP contribution >= 0.6 is 11.6 Å². The normalized spacial score (nSPS) is 10.3. The molecule has 0 atom stereocenters. The van der Waals surface area contributed by atoms with E-state index in [2.05, 4.69) is 0 Å². The van der Waals surface area contributed by atoms with Crippen LogP contribution in [0.5, 0.6) is 5.75 Å². The fourth-order valence-corrected chi connectivity index (χ4v) is 2.34. The molecule has 2 aromatic rings. The zero-order chi connectivity index (χ0) is 15.1. The second-order valence-electron chi connectivity index (χ2n) is 4.80. The van der Waals surface area contributed by atoms with Crippen molar-refractivity contribution < 1.29 is 9.90 Å². The van der Waals surface area contributed by atoms with Crippen LogP contribution in [0, 0.1) is 0 Å². The summed E-state index contributed by atoms with van der Waals surface area (Å²) in [7, 11) is 0. The molecular weight excluding hydrogens is 286 g/mol. The Labute approximate surface area is 129 Å². The average Bonchev–Trinajstić information content (AvgIpc) is 2.50. The molecule has 0 aliphatic heterocycles. The summed E-state index contributed by atoms with van der Waals surface area (Å²) in [6, 6.07) is 16.7. The summed E-state index contributed by atoms with van der Waals surface area (Å²) in [5.41, 5.74) is 1.70. The van der Waals surface area contributed by atoms with Crippen molar-refractivity contribution in [3.63, 3.8) is 0 Å². The van der Waals surface area contributed by atoms with Crippen LogP contribution in [0.15, 0.2) is 54.6 Å². The van der Waals surface area contributed by atoms with Crippen LogP contribution in [0.25, 0.3) is 0 Å². The lowest BCUT2D eigenvalue weighted by molar-refractivity contribution is -0.130. The summed E-state index contributed by atoms with van der Waals surface area (Å²) >= 11 is 5.80. The molecular formula is C17H18ClNO2. The number of amides is 1. The number of carbonyl (C=O) groups excluding carboxylic acids is 1. The van der Waals surface area contributed by atoms with Crippen molar-refractivity contribution in [1.29, 1.82) is 0 Å². The van der Waals surface area contributed by atoms with E-state index >= 15 is 0 Å². The number of benzene rings is 2. The van der Waals surface area contributed by atoms with Gasteiger partial charge in [0.15, 0.2) is 0 Å². The van der Waals surface area contributed by atoms with Crippen LogP contribution in [0.4, 0.5) is 0 Å². The summed E-state index contributed by atoms with van der Waals surface area (Å²) in [4.78, 5) is 14.1. The molecule has 0 radical (unpaired) electrons. The molecule has 21 heavy (non-hydrogen) atoms. The van der Waals surface area contributed by atoms with Crippen LogP contribution in [-0.2, 0) is 17.8 Å². The van der Waals surface area contributed by atoms with Gasteiger partial charge < -0.3 is 10.0 Å². The lowest BCUT2D eigenvalue weighted by Crippen LogP contribution is -2.33. The maximum atomic E-state index is 12.4.